The molecule has 0 saturated heterocycles. The van der Waals surface area contributed by atoms with E-state index >= 15 is 0 Å². The van der Waals surface area contributed by atoms with Crippen LogP contribution >= 0.6 is 22.9 Å². The summed E-state index contributed by atoms with van der Waals surface area (Å²) in [5.74, 6) is 0.902. The molecule has 0 aliphatic carbocycles. The largest absolute Gasteiger partial charge is 0.321 e. The Morgan fingerprint density at radius 2 is 2.26 bits per heavy atom. The van der Waals surface area contributed by atoms with Gasteiger partial charge >= 0.3 is 0 Å². The van der Waals surface area contributed by atoms with Crippen LogP contribution < -0.4 is 0 Å². The first-order valence-corrected chi connectivity index (χ1v) is 7.51. The van der Waals surface area contributed by atoms with Gasteiger partial charge in [0.15, 0.2) is 0 Å². The third-order valence-corrected chi connectivity index (χ3v) is 4.00. The molecule has 3 aromatic rings. The predicted octanol–water partition coefficient (Wildman–Crippen LogP) is 4.15. The number of benzene rings is 1. The lowest BCUT2D eigenvalue weighted by molar-refractivity contribution is 0.731. The van der Waals surface area contributed by atoms with Crippen LogP contribution in [0.2, 0.25) is 0 Å². The standard InChI is InChI=1S/C14H14ClN3S/c1-9-4-3-5-12-13(9)17-14(10(2)15)18(12)6-11-7-19-8-16-11/h3-5,7-8,10H,6H2,1-2H3. The fourth-order valence-corrected chi connectivity index (χ4v) is 2.97. The first-order valence-electron chi connectivity index (χ1n) is 6.13. The van der Waals surface area contributed by atoms with Gasteiger partial charge in [0, 0.05) is 5.38 Å². The van der Waals surface area contributed by atoms with Gasteiger partial charge in [-0.15, -0.1) is 22.9 Å². The molecule has 2 heterocycles. The minimum Gasteiger partial charge on any atom is -0.321 e. The summed E-state index contributed by atoms with van der Waals surface area (Å²) in [6.45, 7) is 4.75. The van der Waals surface area contributed by atoms with Gasteiger partial charge in [-0.2, -0.15) is 0 Å². The van der Waals surface area contributed by atoms with E-state index in [4.69, 9.17) is 16.6 Å². The Morgan fingerprint density at radius 1 is 1.42 bits per heavy atom. The highest BCUT2D eigenvalue weighted by Crippen LogP contribution is 2.27. The van der Waals surface area contributed by atoms with Crippen molar-refractivity contribution in [3.8, 4) is 0 Å². The van der Waals surface area contributed by atoms with Gasteiger partial charge in [0.25, 0.3) is 0 Å². The maximum Gasteiger partial charge on any atom is 0.128 e. The highest BCUT2D eigenvalue weighted by Gasteiger charge is 2.16. The van der Waals surface area contributed by atoms with Gasteiger partial charge < -0.3 is 4.57 Å². The Labute approximate surface area is 120 Å². The van der Waals surface area contributed by atoms with Crippen molar-refractivity contribution in [2.45, 2.75) is 25.8 Å². The third kappa shape index (κ3) is 2.26. The average Bonchev–Trinajstić information content (AvgIpc) is 2.99. The number of thiazole rings is 1. The van der Waals surface area contributed by atoms with Gasteiger partial charge in [0.05, 0.1) is 34.2 Å². The molecule has 2 aromatic heterocycles. The zero-order valence-electron chi connectivity index (χ0n) is 10.8. The average molecular weight is 292 g/mol. The second-order valence-electron chi connectivity index (χ2n) is 4.59. The molecular weight excluding hydrogens is 278 g/mol. The molecule has 98 valence electrons. The quantitative estimate of drug-likeness (QED) is 0.679. The van der Waals surface area contributed by atoms with Crippen molar-refractivity contribution in [2.24, 2.45) is 0 Å². The Morgan fingerprint density at radius 3 is 2.95 bits per heavy atom. The summed E-state index contributed by atoms with van der Waals surface area (Å²) in [5.41, 5.74) is 6.22. The van der Waals surface area contributed by atoms with Crippen LogP contribution in [-0.4, -0.2) is 14.5 Å². The fraction of sp³-hybridized carbons (Fsp3) is 0.286. The van der Waals surface area contributed by atoms with Gasteiger partial charge in [-0.3, -0.25) is 0 Å². The summed E-state index contributed by atoms with van der Waals surface area (Å²) in [6.07, 6.45) is 0. The smallest absolute Gasteiger partial charge is 0.128 e. The van der Waals surface area contributed by atoms with Crippen LogP contribution in [0.5, 0.6) is 0 Å². The van der Waals surface area contributed by atoms with Crippen LogP contribution in [0, 0.1) is 6.92 Å². The van der Waals surface area contributed by atoms with Crippen molar-refractivity contribution in [3.05, 3.63) is 46.2 Å². The SMILES string of the molecule is Cc1cccc2c1nc(C(C)Cl)n2Cc1cscn1. The Kier molecular flexibility index (Phi) is 3.29. The Bertz CT molecular complexity index is 701. The predicted molar refractivity (Wildman–Crippen MR) is 80.0 cm³/mol. The number of nitrogens with zero attached hydrogens (tertiary/aromatic N) is 3. The van der Waals surface area contributed by atoms with Gasteiger partial charge in [-0.25, -0.2) is 9.97 Å². The van der Waals surface area contributed by atoms with Gasteiger partial charge in [-0.05, 0) is 25.5 Å². The number of alkyl halides is 1. The summed E-state index contributed by atoms with van der Waals surface area (Å²) in [6, 6.07) is 6.22. The summed E-state index contributed by atoms with van der Waals surface area (Å²) < 4.78 is 2.16. The lowest BCUT2D eigenvalue weighted by Crippen LogP contribution is -2.05. The number of hydrogen-bond acceptors (Lipinski definition) is 3. The molecule has 0 aliphatic rings. The number of fused-ring (bicyclic) bond motifs is 1. The van der Waals surface area contributed by atoms with Crippen molar-refractivity contribution in [3.63, 3.8) is 0 Å². The van der Waals surface area contributed by atoms with E-state index < -0.39 is 0 Å². The second kappa shape index (κ2) is 4.94. The maximum absolute atomic E-state index is 6.27. The molecule has 0 N–H and O–H groups in total. The van der Waals surface area contributed by atoms with Crippen LogP contribution in [0.1, 0.15) is 29.4 Å². The zero-order valence-corrected chi connectivity index (χ0v) is 12.4. The molecule has 0 radical (unpaired) electrons. The molecule has 0 fully saturated rings. The summed E-state index contributed by atoms with van der Waals surface area (Å²) in [4.78, 5) is 9.05. The van der Waals surface area contributed by atoms with Crippen LogP contribution in [0.25, 0.3) is 11.0 Å². The Balaban J connectivity index is 2.19. The van der Waals surface area contributed by atoms with E-state index in [-0.39, 0.29) is 5.38 Å². The van der Waals surface area contributed by atoms with Gasteiger partial charge in [0.2, 0.25) is 0 Å². The van der Waals surface area contributed by atoms with Crippen molar-refractivity contribution >= 4 is 34.0 Å². The molecule has 0 spiro atoms. The van der Waals surface area contributed by atoms with Gasteiger partial charge in [0.1, 0.15) is 5.82 Å². The fourth-order valence-electron chi connectivity index (χ4n) is 2.25. The van der Waals surface area contributed by atoms with E-state index in [1.807, 2.05) is 12.4 Å². The molecule has 19 heavy (non-hydrogen) atoms. The normalized spacial score (nSPS) is 13.0. The Hall–Kier alpha value is -1.39. The van der Waals surface area contributed by atoms with E-state index in [0.29, 0.717) is 0 Å². The summed E-state index contributed by atoms with van der Waals surface area (Å²) in [5, 5.41) is 1.94. The molecule has 0 aliphatic heterocycles. The number of aromatic nitrogens is 3. The van der Waals surface area contributed by atoms with Crippen molar-refractivity contribution < 1.29 is 0 Å². The van der Waals surface area contributed by atoms with E-state index in [1.165, 1.54) is 5.56 Å². The minimum absolute atomic E-state index is 0.120. The molecular formula is C14H14ClN3S. The van der Waals surface area contributed by atoms with E-state index in [2.05, 4.69) is 40.1 Å². The molecule has 3 rings (SSSR count). The molecule has 5 heteroatoms. The van der Waals surface area contributed by atoms with Crippen LogP contribution in [0.3, 0.4) is 0 Å². The number of hydrogen-bond donors (Lipinski definition) is 0. The number of aryl methyl sites for hydroxylation is 1. The van der Waals surface area contributed by atoms with E-state index in [1.54, 1.807) is 11.3 Å². The van der Waals surface area contributed by atoms with Crippen LogP contribution in [0.15, 0.2) is 29.1 Å². The topological polar surface area (TPSA) is 30.7 Å². The highest BCUT2D eigenvalue weighted by molar-refractivity contribution is 7.07. The first kappa shape index (κ1) is 12.6. The molecule has 0 amide bonds. The molecule has 0 saturated carbocycles. The maximum atomic E-state index is 6.27. The monoisotopic (exact) mass is 291 g/mol. The molecule has 1 aromatic carbocycles. The van der Waals surface area contributed by atoms with Crippen molar-refractivity contribution in [1.29, 1.82) is 0 Å². The van der Waals surface area contributed by atoms with E-state index in [9.17, 15) is 0 Å². The lowest BCUT2D eigenvalue weighted by Gasteiger charge is -2.08. The zero-order chi connectivity index (χ0) is 13.4. The number of halogens is 1. The molecule has 3 nitrogen and oxygen atoms in total. The van der Waals surface area contributed by atoms with Crippen molar-refractivity contribution in [1.82, 2.24) is 14.5 Å². The highest BCUT2D eigenvalue weighted by atomic mass is 35.5. The third-order valence-electron chi connectivity index (χ3n) is 3.17. The lowest BCUT2D eigenvalue weighted by atomic mass is 10.2. The number of rotatable bonds is 3. The number of para-hydroxylation sites is 1. The minimum atomic E-state index is -0.120. The number of imidazole rings is 1. The van der Waals surface area contributed by atoms with Crippen LogP contribution in [-0.2, 0) is 6.54 Å². The van der Waals surface area contributed by atoms with Crippen molar-refractivity contribution in [2.75, 3.05) is 0 Å². The first-order chi connectivity index (χ1) is 9.16. The molecule has 1 unspecified atom stereocenters. The summed E-state index contributed by atoms with van der Waals surface area (Å²) in [7, 11) is 0. The second-order valence-corrected chi connectivity index (χ2v) is 5.97. The van der Waals surface area contributed by atoms with Gasteiger partial charge in [-0.1, -0.05) is 12.1 Å². The van der Waals surface area contributed by atoms with Crippen LogP contribution in [0.4, 0.5) is 0 Å². The summed E-state index contributed by atoms with van der Waals surface area (Å²) >= 11 is 7.88. The molecule has 0 bridgehead atoms. The van der Waals surface area contributed by atoms with E-state index in [0.717, 1.165) is 29.1 Å². The molecule has 1 atom stereocenters.